The first-order valence-corrected chi connectivity index (χ1v) is 12.6. The second kappa shape index (κ2) is 9.75. The summed E-state index contributed by atoms with van der Waals surface area (Å²) < 4.78 is 18.3. The lowest BCUT2D eigenvalue weighted by atomic mass is 10.1. The minimum atomic E-state index is -1.42. The second-order valence-electron chi connectivity index (χ2n) is 9.26. The van der Waals surface area contributed by atoms with Crippen LogP contribution < -0.4 is 14.5 Å². The first kappa shape index (κ1) is 23.3. The molecule has 2 saturated heterocycles. The highest BCUT2D eigenvalue weighted by atomic mass is 35.5. The van der Waals surface area contributed by atoms with Crippen molar-refractivity contribution in [1.82, 2.24) is 4.90 Å². The Hall–Kier alpha value is -3.10. The number of anilines is 2. The number of ether oxygens (including phenoxy) is 3. The second-order valence-corrected chi connectivity index (χ2v) is 9.70. The molecule has 1 spiro atoms. The predicted octanol–water partition coefficient (Wildman–Crippen LogP) is 4.11. The molecule has 186 valence electrons. The SMILES string of the molecule is O=C1N(CN2CCN(c3ccccc3)CC2)c2ccccc2[C@@]12OC[C@@H](COc1ccc(Cl)cc1)O2. The van der Waals surface area contributed by atoms with Crippen LogP contribution in [0.3, 0.4) is 0 Å². The molecule has 3 aliphatic heterocycles. The van der Waals surface area contributed by atoms with Crippen molar-refractivity contribution in [3.05, 3.63) is 89.4 Å². The molecule has 36 heavy (non-hydrogen) atoms. The van der Waals surface area contributed by atoms with Crippen LogP contribution in [0.1, 0.15) is 5.56 Å². The number of hydrogen-bond acceptors (Lipinski definition) is 6. The molecule has 3 aromatic rings. The van der Waals surface area contributed by atoms with E-state index in [2.05, 4.69) is 34.1 Å². The van der Waals surface area contributed by atoms with Crippen LogP contribution in [0.15, 0.2) is 78.9 Å². The molecule has 0 bridgehead atoms. The summed E-state index contributed by atoms with van der Waals surface area (Å²) in [6.07, 6.45) is -0.368. The van der Waals surface area contributed by atoms with Gasteiger partial charge in [0.15, 0.2) is 0 Å². The van der Waals surface area contributed by atoms with E-state index in [1.54, 1.807) is 17.0 Å². The third-order valence-corrected chi connectivity index (χ3v) is 7.22. The van der Waals surface area contributed by atoms with Gasteiger partial charge in [-0.2, -0.15) is 0 Å². The van der Waals surface area contributed by atoms with Crippen molar-refractivity contribution in [2.24, 2.45) is 0 Å². The van der Waals surface area contributed by atoms with E-state index >= 15 is 0 Å². The number of carbonyl (C=O) groups excluding carboxylic acids is 1. The number of carbonyl (C=O) groups is 1. The number of rotatable bonds is 6. The normalized spacial score (nSPS) is 23.9. The summed E-state index contributed by atoms with van der Waals surface area (Å²) in [6.45, 7) is 4.61. The molecule has 0 aromatic heterocycles. The third-order valence-electron chi connectivity index (χ3n) is 6.97. The number of benzene rings is 3. The molecule has 3 aromatic carbocycles. The van der Waals surface area contributed by atoms with Crippen LogP contribution in [0, 0.1) is 0 Å². The number of fused-ring (bicyclic) bond motifs is 2. The van der Waals surface area contributed by atoms with Gasteiger partial charge in [0.1, 0.15) is 18.5 Å². The summed E-state index contributed by atoms with van der Waals surface area (Å²) in [7, 11) is 0. The summed E-state index contributed by atoms with van der Waals surface area (Å²) in [5.74, 6) is -0.905. The molecule has 2 atom stereocenters. The average molecular weight is 506 g/mol. The summed E-state index contributed by atoms with van der Waals surface area (Å²) in [4.78, 5) is 20.3. The highest BCUT2D eigenvalue weighted by Gasteiger charge is 2.58. The lowest BCUT2D eigenvalue weighted by Gasteiger charge is -2.38. The van der Waals surface area contributed by atoms with Crippen LogP contribution >= 0.6 is 11.6 Å². The molecule has 3 heterocycles. The van der Waals surface area contributed by atoms with Crippen molar-refractivity contribution in [1.29, 1.82) is 0 Å². The van der Waals surface area contributed by atoms with Gasteiger partial charge in [-0.05, 0) is 42.5 Å². The van der Waals surface area contributed by atoms with Crippen molar-refractivity contribution in [3.63, 3.8) is 0 Å². The molecular formula is C28H28ClN3O4. The van der Waals surface area contributed by atoms with E-state index in [4.69, 9.17) is 25.8 Å². The summed E-state index contributed by atoms with van der Waals surface area (Å²) in [5.41, 5.74) is 2.83. The Morgan fingerprint density at radius 3 is 2.42 bits per heavy atom. The minimum Gasteiger partial charge on any atom is -0.491 e. The highest BCUT2D eigenvalue weighted by molar-refractivity contribution is 6.30. The summed E-state index contributed by atoms with van der Waals surface area (Å²) in [5, 5.41) is 0.650. The van der Waals surface area contributed by atoms with Crippen LogP contribution in [0.25, 0.3) is 0 Å². The Labute approximate surface area is 215 Å². The molecule has 2 fully saturated rings. The number of hydrogen-bond donors (Lipinski definition) is 0. The zero-order chi connectivity index (χ0) is 24.5. The number of piperazine rings is 1. The molecule has 1 amide bonds. The molecule has 0 N–H and O–H groups in total. The molecule has 0 radical (unpaired) electrons. The Kier molecular flexibility index (Phi) is 6.31. The minimum absolute atomic E-state index is 0.178. The zero-order valence-electron chi connectivity index (χ0n) is 19.9. The van der Waals surface area contributed by atoms with Gasteiger partial charge < -0.3 is 19.1 Å². The molecule has 8 heteroatoms. The smallest absolute Gasteiger partial charge is 0.293 e. The van der Waals surface area contributed by atoms with Gasteiger partial charge in [-0.1, -0.05) is 48.0 Å². The zero-order valence-corrected chi connectivity index (χ0v) is 20.6. The Bertz CT molecular complexity index is 1220. The van der Waals surface area contributed by atoms with E-state index < -0.39 is 5.79 Å². The molecule has 0 aliphatic carbocycles. The van der Waals surface area contributed by atoms with Gasteiger partial charge in [0.2, 0.25) is 0 Å². The van der Waals surface area contributed by atoms with Crippen LogP contribution in [0.2, 0.25) is 5.02 Å². The van der Waals surface area contributed by atoms with Crippen LogP contribution in [-0.4, -0.2) is 63.0 Å². The largest absolute Gasteiger partial charge is 0.491 e. The topological polar surface area (TPSA) is 54.5 Å². The van der Waals surface area contributed by atoms with Crippen LogP contribution in [0.5, 0.6) is 5.75 Å². The Morgan fingerprint density at radius 2 is 1.64 bits per heavy atom. The first-order chi connectivity index (χ1) is 17.6. The molecule has 0 saturated carbocycles. The van der Waals surface area contributed by atoms with Crippen molar-refractivity contribution in [2.45, 2.75) is 11.9 Å². The van der Waals surface area contributed by atoms with Gasteiger partial charge in [0.25, 0.3) is 11.7 Å². The molecular weight excluding hydrogens is 478 g/mol. The monoisotopic (exact) mass is 505 g/mol. The number of amides is 1. The van der Waals surface area contributed by atoms with Crippen molar-refractivity contribution < 1.29 is 19.0 Å². The van der Waals surface area contributed by atoms with Crippen molar-refractivity contribution in [2.75, 3.05) is 55.9 Å². The maximum absolute atomic E-state index is 13.8. The predicted molar refractivity (Wildman–Crippen MR) is 138 cm³/mol. The standard InChI is InChI=1S/C28H28ClN3O4/c29-21-10-12-23(13-11-21)34-18-24-19-35-28(36-24)25-8-4-5-9-26(25)32(27(28)33)20-30-14-16-31(17-15-30)22-6-2-1-3-7-22/h1-13,24H,14-20H2/t24-,28+/m1/s1. The Balaban J connectivity index is 1.13. The van der Waals surface area contributed by atoms with Crippen LogP contribution in [-0.2, 0) is 20.1 Å². The number of nitrogens with zero attached hydrogens (tertiary/aromatic N) is 3. The maximum Gasteiger partial charge on any atom is 0.293 e. The average Bonchev–Trinajstić information content (AvgIpc) is 3.46. The van der Waals surface area contributed by atoms with Crippen molar-refractivity contribution >= 4 is 28.9 Å². The molecule has 3 aliphatic rings. The quantitative estimate of drug-likeness (QED) is 0.502. The lowest BCUT2D eigenvalue weighted by molar-refractivity contribution is -0.187. The fourth-order valence-electron chi connectivity index (χ4n) is 5.08. The van der Waals surface area contributed by atoms with E-state index in [0.717, 1.165) is 37.4 Å². The lowest BCUT2D eigenvalue weighted by Crippen LogP contribution is -2.52. The van der Waals surface area contributed by atoms with Gasteiger partial charge in [-0.25, -0.2) is 0 Å². The third kappa shape index (κ3) is 4.33. The molecule has 6 rings (SSSR count). The fraction of sp³-hybridized carbons (Fsp3) is 0.321. The van der Waals surface area contributed by atoms with Crippen molar-refractivity contribution in [3.8, 4) is 5.75 Å². The first-order valence-electron chi connectivity index (χ1n) is 12.3. The molecule has 7 nitrogen and oxygen atoms in total. The van der Waals surface area contributed by atoms with E-state index in [0.29, 0.717) is 17.4 Å². The number of para-hydroxylation sites is 2. The maximum atomic E-state index is 13.8. The van der Waals surface area contributed by atoms with Gasteiger partial charge in [-0.15, -0.1) is 0 Å². The fourth-order valence-corrected chi connectivity index (χ4v) is 5.21. The van der Waals surface area contributed by atoms with E-state index in [-0.39, 0.29) is 25.2 Å². The van der Waals surface area contributed by atoms with Gasteiger partial charge in [0.05, 0.1) is 19.0 Å². The molecule has 0 unspecified atom stereocenters. The summed E-state index contributed by atoms with van der Waals surface area (Å²) in [6, 6.07) is 25.4. The van der Waals surface area contributed by atoms with E-state index in [9.17, 15) is 4.79 Å². The van der Waals surface area contributed by atoms with E-state index in [1.165, 1.54) is 5.69 Å². The van der Waals surface area contributed by atoms with Gasteiger partial charge >= 0.3 is 0 Å². The van der Waals surface area contributed by atoms with Gasteiger partial charge in [0, 0.05) is 42.5 Å². The summed E-state index contributed by atoms with van der Waals surface area (Å²) >= 11 is 5.96. The van der Waals surface area contributed by atoms with Crippen LogP contribution in [0.4, 0.5) is 11.4 Å². The van der Waals surface area contributed by atoms with E-state index in [1.807, 2.05) is 42.5 Å². The van der Waals surface area contributed by atoms with Gasteiger partial charge in [-0.3, -0.25) is 14.6 Å². The number of halogens is 1. The Morgan fingerprint density at radius 1 is 0.917 bits per heavy atom. The highest BCUT2D eigenvalue weighted by Crippen LogP contribution is 2.47.